The van der Waals surface area contributed by atoms with Gasteiger partial charge in [-0.2, -0.15) is 4.31 Å². The van der Waals surface area contributed by atoms with Crippen molar-refractivity contribution in [2.45, 2.75) is 30.2 Å². The molecule has 1 aliphatic rings. The van der Waals surface area contributed by atoms with Crippen LogP contribution in [0.1, 0.15) is 19.4 Å². The number of hydrogen-bond acceptors (Lipinski definition) is 6. The highest BCUT2D eigenvalue weighted by atomic mass is 32.2. The van der Waals surface area contributed by atoms with E-state index in [2.05, 4.69) is 4.72 Å². The van der Waals surface area contributed by atoms with Crippen LogP contribution in [0.3, 0.4) is 0 Å². The molecule has 1 heterocycles. The van der Waals surface area contributed by atoms with E-state index in [1.165, 1.54) is 28.6 Å². The Labute approximate surface area is 171 Å². The lowest BCUT2D eigenvalue weighted by Crippen LogP contribution is -2.30. The maximum absolute atomic E-state index is 12.6. The Kier molecular flexibility index (Phi) is 6.47. The van der Waals surface area contributed by atoms with Gasteiger partial charge < -0.3 is 9.47 Å². The summed E-state index contributed by atoms with van der Waals surface area (Å²) in [5, 5.41) is 0. The van der Waals surface area contributed by atoms with Gasteiger partial charge in [0.1, 0.15) is 13.2 Å². The Morgan fingerprint density at radius 3 is 2.07 bits per heavy atom. The van der Waals surface area contributed by atoms with E-state index in [1.54, 1.807) is 32.0 Å². The third-order valence-corrected chi connectivity index (χ3v) is 8.02. The molecule has 0 spiro atoms. The van der Waals surface area contributed by atoms with Crippen LogP contribution >= 0.6 is 0 Å². The zero-order valence-corrected chi connectivity index (χ0v) is 17.9. The first-order valence-electron chi connectivity index (χ1n) is 9.26. The molecule has 1 N–H and O–H groups in total. The van der Waals surface area contributed by atoms with E-state index in [-0.39, 0.29) is 16.3 Å². The summed E-state index contributed by atoms with van der Waals surface area (Å²) in [6, 6.07) is 10.6. The molecule has 2 aromatic rings. The van der Waals surface area contributed by atoms with E-state index in [1.807, 2.05) is 0 Å². The second-order valence-electron chi connectivity index (χ2n) is 6.36. The first kappa shape index (κ1) is 21.6. The standard InChI is InChI=1S/C19H24N2O6S2/c1-3-21(4-2)29(24,25)16-7-5-15(6-8-16)14-20-28(22,23)17-9-10-18-19(13-17)27-12-11-26-18/h5-10,13,20H,3-4,11-12,14H2,1-2H3. The van der Waals surface area contributed by atoms with Gasteiger partial charge in [0.05, 0.1) is 9.79 Å². The van der Waals surface area contributed by atoms with Crippen LogP contribution in [0.15, 0.2) is 52.3 Å². The Morgan fingerprint density at radius 1 is 0.862 bits per heavy atom. The highest BCUT2D eigenvalue weighted by Crippen LogP contribution is 2.32. The number of ether oxygens (including phenoxy) is 2. The Hall–Kier alpha value is -2.14. The molecule has 0 saturated heterocycles. The Balaban J connectivity index is 1.71. The van der Waals surface area contributed by atoms with Crippen LogP contribution in [0.25, 0.3) is 0 Å². The quantitative estimate of drug-likeness (QED) is 0.673. The third-order valence-electron chi connectivity index (χ3n) is 4.56. The fourth-order valence-electron chi connectivity index (χ4n) is 2.94. The van der Waals surface area contributed by atoms with Gasteiger partial charge in [-0.3, -0.25) is 0 Å². The molecule has 0 unspecified atom stereocenters. The Bertz CT molecular complexity index is 1060. The van der Waals surface area contributed by atoms with Crippen molar-refractivity contribution in [1.82, 2.24) is 9.03 Å². The van der Waals surface area contributed by atoms with Gasteiger partial charge in [-0.25, -0.2) is 21.6 Å². The molecule has 3 rings (SSSR count). The van der Waals surface area contributed by atoms with Gasteiger partial charge in [0.15, 0.2) is 11.5 Å². The summed E-state index contributed by atoms with van der Waals surface area (Å²) in [7, 11) is -7.31. The molecule has 29 heavy (non-hydrogen) atoms. The van der Waals surface area contributed by atoms with Crippen molar-refractivity contribution in [2.75, 3.05) is 26.3 Å². The average Bonchev–Trinajstić information content (AvgIpc) is 2.73. The van der Waals surface area contributed by atoms with Crippen LogP contribution in [-0.2, 0) is 26.6 Å². The van der Waals surface area contributed by atoms with Gasteiger partial charge in [-0.05, 0) is 29.8 Å². The lowest BCUT2D eigenvalue weighted by atomic mass is 10.2. The molecule has 1 aliphatic heterocycles. The molecule has 158 valence electrons. The zero-order valence-electron chi connectivity index (χ0n) is 16.3. The van der Waals surface area contributed by atoms with Crippen LogP contribution in [0.5, 0.6) is 11.5 Å². The second-order valence-corrected chi connectivity index (χ2v) is 10.1. The molecular weight excluding hydrogens is 416 g/mol. The maximum atomic E-state index is 12.6. The molecule has 10 heteroatoms. The van der Waals surface area contributed by atoms with E-state index in [9.17, 15) is 16.8 Å². The number of nitrogens with one attached hydrogen (secondary N) is 1. The first-order chi connectivity index (χ1) is 13.8. The molecular formula is C19H24N2O6S2. The van der Waals surface area contributed by atoms with Gasteiger partial charge >= 0.3 is 0 Å². The number of fused-ring (bicyclic) bond motifs is 1. The molecule has 0 fully saturated rings. The molecule has 2 aromatic carbocycles. The largest absolute Gasteiger partial charge is 0.486 e. The van der Waals surface area contributed by atoms with Crippen molar-refractivity contribution >= 4 is 20.0 Å². The Morgan fingerprint density at radius 2 is 1.45 bits per heavy atom. The smallest absolute Gasteiger partial charge is 0.243 e. The van der Waals surface area contributed by atoms with Gasteiger partial charge in [-0.1, -0.05) is 26.0 Å². The van der Waals surface area contributed by atoms with Gasteiger partial charge in [0.25, 0.3) is 0 Å². The van der Waals surface area contributed by atoms with Gasteiger partial charge in [-0.15, -0.1) is 0 Å². The third kappa shape index (κ3) is 4.72. The molecule has 0 aliphatic carbocycles. The lowest BCUT2D eigenvalue weighted by molar-refractivity contribution is 0.171. The first-order valence-corrected chi connectivity index (χ1v) is 12.2. The van der Waals surface area contributed by atoms with Crippen molar-refractivity contribution in [3.05, 3.63) is 48.0 Å². The number of benzene rings is 2. The predicted octanol–water partition coefficient (Wildman–Crippen LogP) is 1.97. The van der Waals surface area contributed by atoms with Crippen molar-refractivity contribution in [1.29, 1.82) is 0 Å². The van der Waals surface area contributed by atoms with Crippen molar-refractivity contribution < 1.29 is 26.3 Å². The van der Waals surface area contributed by atoms with Gasteiger partial charge in [0, 0.05) is 25.7 Å². The van der Waals surface area contributed by atoms with E-state index in [0.29, 0.717) is 43.4 Å². The van der Waals surface area contributed by atoms with Crippen molar-refractivity contribution in [3.8, 4) is 11.5 Å². The monoisotopic (exact) mass is 440 g/mol. The fourth-order valence-corrected chi connectivity index (χ4v) is 5.44. The summed E-state index contributed by atoms with van der Waals surface area (Å²) in [6.45, 7) is 5.16. The molecule has 0 radical (unpaired) electrons. The summed E-state index contributed by atoms with van der Waals surface area (Å²) in [6.07, 6.45) is 0. The molecule has 8 nitrogen and oxygen atoms in total. The number of nitrogens with zero attached hydrogens (tertiary/aromatic N) is 1. The summed E-state index contributed by atoms with van der Waals surface area (Å²) >= 11 is 0. The summed E-state index contributed by atoms with van der Waals surface area (Å²) in [4.78, 5) is 0.252. The van der Waals surface area contributed by atoms with Crippen LogP contribution in [0.4, 0.5) is 0 Å². The van der Waals surface area contributed by atoms with Gasteiger partial charge in [0.2, 0.25) is 20.0 Å². The zero-order chi connectivity index (χ0) is 21.1. The SMILES string of the molecule is CCN(CC)S(=O)(=O)c1ccc(CNS(=O)(=O)c2ccc3c(c2)OCCO3)cc1. The second kappa shape index (κ2) is 8.70. The number of sulfonamides is 2. The molecule has 0 bridgehead atoms. The lowest BCUT2D eigenvalue weighted by Gasteiger charge is -2.19. The predicted molar refractivity (Wildman–Crippen MR) is 108 cm³/mol. The molecule has 0 amide bonds. The van der Waals surface area contributed by atoms with E-state index in [4.69, 9.17) is 9.47 Å². The fraction of sp³-hybridized carbons (Fsp3) is 0.368. The number of rotatable bonds is 8. The summed E-state index contributed by atoms with van der Waals surface area (Å²) in [5.74, 6) is 0.908. The minimum Gasteiger partial charge on any atom is -0.486 e. The van der Waals surface area contributed by atoms with E-state index < -0.39 is 20.0 Å². The van der Waals surface area contributed by atoms with Crippen molar-refractivity contribution in [2.24, 2.45) is 0 Å². The van der Waals surface area contributed by atoms with Crippen LogP contribution in [0, 0.1) is 0 Å². The molecule has 0 aromatic heterocycles. The summed E-state index contributed by atoms with van der Waals surface area (Å²) < 4.78 is 64.9. The molecule has 0 atom stereocenters. The topological polar surface area (TPSA) is 102 Å². The van der Waals surface area contributed by atoms with Crippen LogP contribution in [0.2, 0.25) is 0 Å². The highest BCUT2D eigenvalue weighted by molar-refractivity contribution is 7.89. The normalized spacial score (nSPS) is 14.2. The molecule has 0 saturated carbocycles. The van der Waals surface area contributed by atoms with E-state index in [0.717, 1.165) is 0 Å². The van der Waals surface area contributed by atoms with E-state index >= 15 is 0 Å². The van der Waals surface area contributed by atoms with Crippen molar-refractivity contribution in [3.63, 3.8) is 0 Å². The maximum Gasteiger partial charge on any atom is 0.243 e. The number of hydrogen-bond donors (Lipinski definition) is 1. The average molecular weight is 441 g/mol. The summed E-state index contributed by atoms with van der Waals surface area (Å²) in [5.41, 5.74) is 0.643. The minimum atomic E-state index is -3.76. The van der Waals surface area contributed by atoms with Crippen LogP contribution in [-0.4, -0.2) is 47.4 Å². The van der Waals surface area contributed by atoms with Crippen LogP contribution < -0.4 is 14.2 Å². The highest BCUT2D eigenvalue weighted by Gasteiger charge is 2.22. The minimum absolute atomic E-state index is 0.0301.